The molecule has 0 aromatic rings. The van der Waals surface area contributed by atoms with E-state index < -0.39 is 28.2 Å². The fraction of sp³-hybridized carbons (Fsp3) is 0.882. The molecule has 0 unspecified atom stereocenters. The molecule has 0 aliphatic carbocycles. The van der Waals surface area contributed by atoms with Gasteiger partial charge in [0.05, 0.1) is 0 Å². The van der Waals surface area contributed by atoms with Crippen molar-refractivity contribution in [3.63, 3.8) is 0 Å². The monoisotopic (exact) mass is 422 g/mol. The van der Waals surface area contributed by atoms with Gasteiger partial charge in [0.1, 0.15) is 0 Å². The Labute approximate surface area is 136 Å². The van der Waals surface area contributed by atoms with E-state index in [9.17, 15) is 8.42 Å². The molecular weight excluding hydrogens is 387 g/mol. The van der Waals surface area contributed by atoms with Gasteiger partial charge in [-0.25, -0.2) is 0 Å². The minimum atomic E-state index is -2.91. The summed E-state index contributed by atoms with van der Waals surface area (Å²) in [4.78, 5) is 0. The van der Waals surface area contributed by atoms with Gasteiger partial charge < -0.3 is 0 Å². The normalized spacial score (nSPS) is 18.5. The van der Waals surface area contributed by atoms with Crippen molar-refractivity contribution < 1.29 is 8.42 Å². The summed E-state index contributed by atoms with van der Waals surface area (Å²) in [5, 5.41) is 0. The van der Waals surface area contributed by atoms with E-state index in [0.29, 0.717) is 5.75 Å². The van der Waals surface area contributed by atoms with Crippen molar-refractivity contribution in [2.24, 2.45) is 0 Å². The summed E-state index contributed by atoms with van der Waals surface area (Å²) in [5.74, 6) is 0.400. The second-order valence-corrected chi connectivity index (χ2v) is 22.9. The molecule has 0 radical (unpaired) electrons. The van der Waals surface area contributed by atoms with Crippen LogP contribution < -0.4 is 0 Å². The molecule has 0 aromatic carbocycles. The van der Waals surface area contributed by atoms with Crippen LogP contribution in [0.5, 0.6) is 0 Å². The summed E-state index contributed by atoms with van der Waals surface area (Å²) in [7, 11) is -2.91. The average molecular weight is 421 g/mol. The first-order valence-corrected chi connectivity index (χ1v) is 18.0. The first-order chi connectivity index (χ1) is 9.93. The molecule has 0 bridgehead atoms. The molecule has 0 atom stereocenters. The number of allylic oxidation sites excluding steroid dienone is 1. The van der Waals surface area contributed by atoms with E-state index in [1.165, 1.54) is 57.4 Å². The topological polar surface area (TPSA) is 34.1 Å². The van der Waals surface area contributed by atoms with Gasteiger partial charge in [-0.15, -0.1) is 0 Å². The Morgan fingerprint density at radius 3 is 1.62 bits per heavy atom. The summed E-state index contributed by atoms with van der Waals surface area (Å²) in [6, 6.07) is 0. The molecule has 1 aliphatic rings. The van der Waals surface area contributed by atoms with Crippen molar-refractivity contribution in [1.29, 1.82) is 0 Å². The van der Waals surface area contributed by atoms with Crippen molar-refractivity contribution in [1.82, 2.24) is 0 Å². The average Bonchev–Trinajstić information content (AvgIpc) is 2.73. The Hall–Kier alpha value is 0.489. The SMILES string of the molecule is CCC[CH2][Sn]([CH2]CCC)([CH2]CCC)[C]1=C(C)CCS1(=O)=O. The maximum atomic E-state index is 12.7. The van der Waals surface area contributed by atoms with E-state index in [1.807, 2.05) is 0 Å². The third kappa shape index (κ3) is 4.98. The Balaban J connectivity index is 3.21. The number of rotatable bonds is 10. The molecule has 0 saturated heterocycles. The zero-order valence-electron chi connectivity index (χ0n) is 14.5. The van der Waals surface area contributed by atoms with E-state index in [4.69, 9.17) is 0 Å². The summed E-state index contributed by atoms with van der Waals surface area (Å²) < 4.78 is 30.3. The molecular formula is C17H34O2SSn. The van der Waals surface area contributed by atoms with E-state index in [0.717, 1.165) is 9.34 Å². The quantitative estimate of drug-likeness (QED) is 0.439. The van der Waals surface area contributed by atoms with Crippen LogP contribution in [-0.2, 0) is 9.84 Å². The first kappa shape index (κ1) is 19.5. The fourth-order valence-electron chi connectivity index (χ4n) is 3.81. The van der Waals surface area contributed by atoms with Gasteiger partial charge in [0.15, 0.2) is 0 Å². The second kappa shape index (κ2) is 8.95. The van der Waals surface area contributed by atoms with Gasteiger partial charge in [-0.1, -0.05) is 0 Å². The molecule has 1 rings (SSSR count). The summed E-state index contributed by atoms with van der Waals surface area (Å²) in [5.41, 5.74) is 1.24. The Morgan fingerprint density at radius 1 is 0.905 bits per heavy atom. The van der Waals surface area contributed by atoms with Gasteiger partial charge in [0.2, 0.25) is 0 Å². The number of unbranched alkanes of at least 4 members (excludes halogenated alkanes) is 3. The second-order valence-electron chi connectivity index (χ2n) is 6.77. The number of hydrogen-bond donors (Lipinski definition) is 0. The fourth-order valence-corrected chi connectivity index (χ4v) is 30.3. The van der Waals surface area contributed by atoms with Crippen molar-refractivity contribution in [3.05, 3.63) is 8.49 Å². The predicted molar refractivity (Wildman–Crippen MR) is 96.0 cm³/mol. The summed E-state index contributed by atoms with van der Waals surface area (Å²) in [6.45, 7) is 8.82. The van der Waals surface area contributed by atoms with Gasteiger partial charge >= 0.3 is 137 Å². The molecule has 4 heteroatoms. The van der Waals surface area contributed by atoms with E-state index >= 15 is 0 Å². The van der Waals surface area contributed by atoms with Crippen molar-refractivity contribution in [3.8, 4) is 0 Å². The van der Waals surface area contributed by atoms with Gasteiger partial charge in [-0.3, -0.25) is 0 Å². The van der Waals surface area contributed by atoms with Crippen LogP contribution in [0.3, 0.4) is 0 Å². The molecule has 0 fully saturated rings. The number of hydrogen-bond acceptors (Lipinski definition) is 2. The van der Waals surface area contributed by atoms with Crippen LogP contribution in [0.2, 0.25) is 13.3 Å². The molecule has 21 heavy (non-hydrogen) atoms. The predicted octanol–water partition coefficient (Wildman–Crippen LogP) is 5.47. The molecule has 2 nitrogen and oxygen atoms in total. The molecule has 0 amide bonds. The van der Waals surface area contributed by atoms with Crippen molar-refractivity contribution in [2.45, 2.75) is 86.0 Å². The third-order valence-electron chi connectivity index (χ3n) is 4.95. The molecule has 0 aromatic heterocycles. The van der Waals surface area contributed by atoms with Gasteiger partial charge in [0, 0.05) is 0 Å². The zero-order chi connectivity index (χ0) is 15.9. The van der Waals surface area contributed by atoms with Crippen LogP contribution in [0, 0.1) is 0 Å². The van der Waals surface area contributed by atoms with Crippen LogP contribution in [0.15, 0.2) is 8.49 Å². The zero-order valence-corrected chi connectivity index (χ0v) is 18.2. The van der Waals surface area contributed by atoms with Crippen LogP contribution in [-0.4, -0.2) is 32.5 Å². The molecule has 0 spiro atoms. The minimum absolute atomic E-state index is 0.400. The molecule has 0 saturated carbocycles. The molecule has 1 heterocycles. The molecule has 1 aliphatic heterocycles. The standard InChI is InChI=1S/C5H7O2S.3C4H9.Sn/c1-5-2-3-8(6,7)4-5;3*1-3-4-2;/h2-3H2,1H3;3*1,3-4H2,2H3;. The van der Waals surface area contributed by atoms with E-state index in [-0.39, 0.29) is 0 Å². The van der Waals surface area contributed by atoms with Crippen LogP contribution >= 0.6 is 0 Å². The van der Waals surface area contributed by atoms with Gasteiger partial charge in [-0.05, 0) is 0 Å². The first-order valence-electron chi connectivity index (χ1n) is 8.86. The van der Waals surface area contributed by atoms with Crippen LogP contribution in [0.25, 0.3) is 0 Å². The third-order valence-corrected chi connectivity index (χ3v) is 27.4. The van der Waals surface area contributed by atoms with Crippen molar-refractivity contribution >= 4 is 28.2 Å². The van der Waals surface area contributed by atoms with Crippen LogP contribution in [0.4, 0.5) is 0 Å². The Bertz CT molecular complexity index is 430. The van der Waals surface area contributed by atoms with Crippen LogP contribution in [0.1, 0.15) is 72.6 Å². The maximum absolute atomic E-state index is 12.7. The summed E-state index contributed by atoms with van der Waals surface area (Å²) >= 11 is -2.74. The summed E-state index contributed by atoms with van der Waals surface area (Å²) in [6.07, 6.45) is 8.10. The Morgan fingerprint density at radius 2 is 1.33 bits per heavy atom. The Kier molecular flexibility index (Phi) is 8.32. The van der Waals surface area contributed by atoms with Crippen molar-refractivity contribution in [2.75, 3.05) is 5.75 Å². The van der Waals surface area contributed by atoms with E-state index in [1.54, 1.807) is 0 Å². The van der Waals surface area contributed by atoms with Gasteiger partial charge in [0.25, 0.3) is 0 Å². The number of sulfone groups is 1. The van der Waals surface area contributed by atoms with E-state index in [2.05, 4.69) is 27.7 Å². The van der Waals surface area contributed by atoms with Gasteiger partial charge in [-0.2, -0.15) is 0 Å². The molecule has 0 N–H and O–H groups in total. The molecule has 124 valence electrons.